The van der Waals surface area contributed by atoms with Crippen LogP contribution in [0, 0.1) is 0 Å². The lowest BCUT2D eigenvalue weighted by Crippen LogP contribution is -2.37. The summed E-state index contributed by atoms with van der Waals surface area (Å²) in [4.78, 5) is 28.9. The molecule has 0 radical (unpaired) electrons. The van der Waals surface area contributed by atoms with Crippen molar-refractivity contribution >= 4 is 23.4 Å². The van der Waals surface area contributed by atoms with Gasteiger partial charge in [-0.15, -0.1) is 0 Å². The van der Waals surface area contributed by atoms with Gasteiger partial charge in [0.05, 0.1) is 16.8 Å². The van der Waals surface area contributed by atoms with E-state index in [-0.39, 0.29) is 41.3 Å². The van der Waals surface area contributed by atoms with E-state index in [1.165, 1.54) is 25.1 Å². The van der Waals surface area contributed by atoms with Crippen molar-refractivity contribution in [1.29, 1.82) is 0 Å². The average Bonchev–Trinajstić information content (AvgIpc) is 3.26. The lowest BCUT2D eigenvalue weighted by Gasteiger charge is -2.20. The third-order valence-electron chi connectivity index (χ3n) is 6.22. The first-order valence-corrected chi connectivity index (χ1v) is 13.0. The molecular weight excluding hydrogens is 549 g/mol. The predicted molar refractivity (Wildman–Crippen MR) is 145 cm³/mol. The molecule has 0 aliphatic heterocycles. The highest BCUT2D eigenvalue weighted by Crippen LogP contribution is 2.31. The number of carbonyl (C=O) groups is 2. The van der Waals surface area contributed by atoms with E-state index in [2.05, 4.69) is 15.6 Å². The summed E-state index contributed by atoms with van der Waals surface area (Å²) >= 11 is 6.07. The number of carbonyl (C=O) groups excluding carboxylic acids is 2. The lowest BCUT2D eigenvalue weighted by atomic mass is 10.0. The molecule has 0 fully saturated rings. The minimum atomic E-state index is -4.55. The Kier molecular flexibility index (Phi) is 10.2. The molecule has 8 nitrogen and oxygen atoms in total. The van der Waals surface area contributed by atoms with Crippen molar-refractivity contribution in [3.63, 3.8) is 0 Å². The Hall–Kier alpha value is -3.57. The number of aliphatic hydroxyl groups is 1. The van der Waals surface area contributed by atoms with E-state index in [1.807, 2.05) is 49.0 Å². The highest BCUT2D eigenvalue weighted by Gasteiger charge is 2.38. The third kappa shape index (κ3) is 8.22. The van der Waals surface area contributed by atoms with Crippen LogP contribution in [0.4, 0.5) is 13.2 Å². The molecule has 40 heavy (non-hydrogen) atoms. The molecule has 12 heteroatoms. The summed E-state index contributed by atoms with van der Waals surface area (Å²) in [6.45, 7) is 4.02. The van der Waals surface area contributed by atoms with E-state index in [0.717, 1.165) is 29.6 Å². The van der Waals surface area contributed by atoms with Crippen molar-refractivity contribution in [3.05, 3.63) is 70.6 Å². The first kappa shape index (κ1) is 31.0. The van der Waals surface area contributed by atoms with Crippen molar-refractivity contribution in [2.24, 2.45) is 7.05 Å². The van der Waals surface area contributed by atoms with Crippen molar-refractivity contribution in [3.8, 4) is 17.0 Å². The molecule has 0 saturated heterocycles. The van der Waals surface area contributed by atoms with Crippen molar-refractivity contribution in [2.75, 3.05) is 6.61 Å². The van der Waals surface area contributed by atoms with E-state index in [1.54, 1.807) is 0 Å². The molecule has 0 spiro atoms. The summed E-state index contributed by atoms with van der Waals surface area (Å²) in [6.07, 6.45) is -4.02. The Morgan fingerprint density at radius 3 is 2.38 bits per heavy atom. The van der Waals surface area contributed by atoms with Crippen LogP contribution in [0.2, 0.25) is 5.02 Å². The second-order valence-corrected chi connectivity index (χ2v) is 9.96. The van der Waals surface area contributed by atoms with Crippen molar-refractivity contribution in [2.45, 2.75) is 58.0 Å². The number of rotatable bonds is 11. The van der Waals surface area contributed by atoms with Gasteiger partial charge in [0.2, 0.25) is 5.91 Å². The van der Waals surface area contributed by atoms with Crippen LogP contribution in [0.3, 0.4) is 0 Å². The van der Waals surface area contributed by atoms with Crippen LogP contribution in [-0.4, -0.2) is 51.4 Å². The minimum absolute atomic E-state index is 0.123. The molecule has 3 rings (SSSR count). The number of alkyl halides is 3. The number of aromatic nitrogens is 2. The Morgan fingerprint density at radius 2 is 1.80 bits per heavy atom. The molecule has 216 valence electrons. The second kappa shape index (κ2) is 13.2. The average molecular weight is 581 g/mol. The van der Waals surface area contributed by atoms with Gasteiger partial charge in [-0.25, -0.2) is 4.98 Å². The standard InChI is InChI=1S/C28H32ClF3N4O4/c1-16(33-18(3)38)26-35-24(15-36(26)4)20-7-5-19(6-8-20)13-22(11-12-37)34-27(39)21-9-10-25(23(29)14-21)40-17(2)28(30,31)32/h5-10,14-17,22,37H,11-13H2,1-4H3,(H,33,38)(H,34,39)/t16-,17?,22-/m1/s1. The highest BCUT2D eigenvalue weighted by molar-refractivity contribution is 6.32. The Balaban J connectivity index is 1.67. The van der Waals surface area contributed by atoms with Crippen LogP contribution in [0.1, 0.15) is 55.0 Å². The number of imidazole rings is 1. The van der Waals surface area contributed by atoms with Gasteiger partial charge in [-0.1, -0.05) is 35.9 Å². The zero-order chi connectivity index (χ0) is 29.6. The van der Waals surface area contributed by atoms with Gasteiger partial charge in [0.25, 0.3) is 5.91 Å². The second-order valence-electron chi connectivity index (χ2n) is 9.55. The maximum atomic E-state index is 12.9. The summed E-state index contributed by atoms with van der Waals surface area (Å²) in [5.74, 6) is -0.0912. The number of hydrogen-bond donors (Lipinski definition) is 3. The fraction of sp³-hybridized carbons (Fsp3) is 0.393. The number of aliphatic hydroxyl groups excluding tert-OH is 1. The molecule has 1 unspecified atom stereocenters. The molecule has 0 bridgehead atoms. The van der Waals surface area contributed by atoms with Crippen LogP contribution in [0.15, 0.2) is 48.7 Å². The number of nitrogens with one attached hydrogen (secondary N) is 2. The molecule has 3 N–H and O–H groups in total. The van der Waals surface area contributed by atoms with Gasteiger partial charge in [0.15, 0.2) is 6.10 Å². The zero-order valence-corrected chi connectivity index (χ0v) is 23.3. The van der Waals surface area contributed by atoms with E-state index < -0.39 is 24.2 Å². The van der Waals surface area contributed by atoms with Gasteiger partial charge in [-0.05, 0) is 50.5 Å². The van der Waals surface area contributed by atoms with Gasteiger partial charge >= 0.3 is 6.18 Å². The Bertz CT molecular complexity index is 1330. The Morgan fingerprint density at radius 1 is 1.12 bits per heavy atom. The van der Waals surface area contributed by atoms with Crippen LogP contribution in [0.5, 0.6) is 5.75 Å². The van der Waals surface area contributed by atoms with E-state index in [9.17, 15) is 27.9 Å². The first-order chi connectivity index (χ1) is 18.8. The van der Waals surface area contributed by atoms with Gasteiger partial charge in [-0.2, -0.15) is 13.2 Å². The molecule has 0 aliphatic rings. The fourth-order valence-corrected chi connectivity index (χ4v) is 4.36. The van der Waals surface area contributed by atoms with Crippen LogP contribution in [0.25, 0.3) is 11.3 Å². The number of hydrogen-bond acceptors (Lipinski definition) is 5. The molecule has 3 aromatic rings. The molecule has 1 heterocycles. The van der Waals surface area contributed by atoms with Crippen LogP contribution >= 0.6 is 11.6 Å². The van der Waals surface area contributed by atoms with Crippen LogP contribution < -0.4 is 15.4 Å². The number of nitrogens with zero attached hydrogens (tertiary/aromatic N) is 2. The maximum absolute atomic E-state index is 12.9. The van der Waals surface area contributed by atoms with Crippen molar-refractivity contribution < 1.29 is 32.6 Å². The highest BCUT2D eigenvalue weighted by atomic mass is 35.5. The largest absolute Gasteiger partial charge is 0.480 e. The number of halogens is 4. The number of benzene rings is 2. The maximum Gasteiger partial charge on any atom is 0.425 e. The molecule has 3 atom stereocenters. The van der Waals surface area contributed by atoms with Crippen molar-refractivity contribution in [1.82, 2.24) is 20.2 Å². The quantitative estimate of drug-likeness (QED) is 0.296. The fourth-order valence-electron chi connectivity index (χ4n) is 4.13. The topological polar surface area (TPSA) is 105 Å². The summed E-state index contributed by atoms with van der Waals surface area (Å²) in [7, 11) is 1.86. The normalized spacial score (nSPS) is 13.8. The number of amides is 2. The minimum Gasteiger partial charge on any atom is -0.480 e. The summed E-state index contributed by atoms with van der Waals surface area (Å²) in [5.41, 5.74) is 2.68. The number of aryl methyl sites for hydroxylation is 1. The molecule has 0 aliphatic carbocycles. The molecule has 0 saturated carbocycles. The zero-order valence-electron chi connectivity index (χ0n) is 22.6. The van der Waals surface area contributed by atoms with Gasteiger partial charge < -0.3 is 25.0 Å². The molecule has 2 aromatic carbocycles. The third-order valence-corrected chi connectivity index (χ3v) is 6.52. The van der Waals surface area contributed by atoms with Gasteiger partial charge in [0.1, 0.15) is 11.6 Å². The number of ether oxygens (including phenoxy) is 1. The summed E-state index contributed by atoms with van der Waals surface area (Å²) in [6, 6.07) is 10.8. The SMILES string of the molecule is CC(=O)N[C@H](C)c1nc(-c2ccc(C[C@@H](CCO)NC(=O)c3ccc(OC(C)C(F)(F)F)c(Cl)c3)cc2)cn1C. The molecular formula is C28H32ClF3N4O4. The van der Waals surface area contributed by atoms with E-state index in [4.69, 9.17) is 16.3 Å². The summed E-state index contributed by atoms with van der Waals surface area (Å²) < 4.78 is 45.1. The molecule has 2 amide bonds. The Labute approximate surface area is 235 Å². The molecule has 1 aromatic heterocycles. The first-order valence-electron chi connectivity index (χ1n) is 12.6. The monoisotopic (exact) mass is 580 g/mol. The predicted octanol–water partition coefficient (Wildman–Crippen LogP) is 4.99. The van der Waals surface area contributed by atoms with E-state index >= 15 is 0 Å². The van der Waals surface area contributed by atoms with E-state index in [0.29, 0.717) is 6.42 Å². The summed E-state index contributed by atoms with van der Waals surface area (Å²) in [5, 5.41) is 15.1. The van der Waals surface area contributed by atoms with Crippen LogP contribution in [-0.2, 0) is 18.3 Å². The van der Waals surface area contributed by atoms with Gasteiger partial charge in [0, 0.05) is 43.9 Å². The lowest BCUT2D eigenvalue weighted by molar-refractivity contribution is -0.189. The van der Waals surface area contributed by atoms with Gasteiger partial charge in [-0.3, -0.25) is 9.59 Å². The smallest absolute Gasteiger partial charge is 0.425 e.